The van der Waals surface area contributed by atoms with Crippen molar-refractivity contribution in [1.29, 1.82) is 0 Å². The summed E-state index contributed by atoms with van der Waals surface area (Å²) in [6.45, 7) is 6.58. The van der Waals surface area contributed by atoms with E-state index in [0.717, 1.165) is 38.9 Å². The lowest BCUT2D eigenvalue weighted by molar-refractivity contribution is 0.615. The third-order valence-corrected chi connectivity index (χ3v) is 6.25. The van der Waals surface area contributed by atoms with E-state index in [1.54, 1.807) is 0 Å². The average molecular weight is 376 g/mol. The molecule has 140 valence electrons. The summed E-state index contributed by atoms with van der Waals surface area (Å²) in [5, 5.41) is 2.15. The highest BCUT2D eigenvalue weighted by Crippen LogP contribution is 2.49. The van der Waals surface area contributed by atoms with E-state index in [-0.39, 0.29) is 5.41 Å². The molecule has 3 nitrogen and oxygen atoms in total. The number of rotatable bonds is 1. The summed E-state index contributed by atoms with van der Waals surface area (Å²) in [6, 6.07) is 21.1. The number of aryl methyl sites for hydroxylation is 1. The van der Waals surface area contributed by atoms with Crippen molar-refractivity contribution in [3.05, 3.63) is 83.7 Å². The zero-order valence-electron chi connectivity index (χ0n) is 16.7. The SMILES string of the molecule is Cc1ccc2c(oc3nc4c(cc32)-c2ccccc2C4(C)C)c1-c1ccccn1. The Kier molecular flexibility index (Phi) is 3.15. The fourth-order valence-corrected chi connectivity index (χ4v) is 4.76. The highest BCUT2D eigenvalue weighted by atomic mass is 16.3. The first-order chi connectivity index (χ1) is 14.1. The van der Waals surface area contributed by atoms with E-state index in [0.29, 0.717) is 5.71 Å². The summed E-state index contributed by atoms with van der Waals surface area (Å²) >= 11 is 0. The molecule has 0 saturated carbocycles. The predicted molar refractivity (Wildman–Crippen MR) is 117 cm³/mol. The molecule has 0 N–H and O–H groups in total. The van der Waals surface area contributed by atoms with Gasteiger partial charge in [0.05, 0.1) is 11.4 Å². The normalized spacial score (nSPS) is 14.3. The lowest BCUT2D eigenvalue weighted by atomic mass is 9.85. The molecule has 0 bridgehead atoms. The number of nitrogens with zero attached hydrogens (tertiary/aromatic N) is 2. The van der Waals surface area contributed by atoms with E-state index >= 15 is 0 Å². The summed E-state index contributed by atoms with van der Waals surface area (Å²) in [7, 11) is 0. The third kappa shape index (κ3) is 2.13. The van der Waals surface area contributed by atoms with Crippen molar-refractivity contribution in [3.63, 3.8) is 0 Å². The van der Waals surface area contributed by atoms with Gasteiger partial charge in [0, 0.05) is 33.5 Å². The summed E-state index contributed by atoms with van der Waals surface area (Å²) in [4.78, 5) is 9.60. The smallest absolute Gasteiger partial charge is 0.227 e. The van der Waals surface area contributed by atoms with Crippen LogP contribution in [-0.4, -0.2) is 9.97 Å². The maximum absolute atomic E-state index is 6.39. The molecule has 0 amide bonds. The quantitative estimate of drug-likeness (QED) is 0.328. The topological polar surface area (TPSA) is 38.9 Å². The Labute approximate surface area is 169 Å². The van der Waals surface area contributed by atoms with Crippen molar-refractivity contribution in [2.45, 2.75) is 26.2 Å². The zero-order valence-corrected chi connectivity index (χ0v) is 16.7. The van der Waals surface area contributed by atoms with Crippen molar-refractivity contribution in [2.24, 2.45) is 0 Å². The van der Waals surface area contributed by atoms with Gasteiger partial charge in [-0.2, -0.15) is 0 Å². The number of fused-ring (bicyclic) bond motifs is 6. The Morgan fingerprint density at radius 1 is 0.862 bits per heavy atom. The molecule has 3 heteroatoms. The largest absolute Gasteiger partial charge is 0.437 e. The van der Waals surface area contributed by atoms with Crippen LogP contribution < -0.4 is 0 Å². The minimum atomic E-state index is -0.140. The summed E-state index contributed by atoms with van der Waals surface area (Å²) in [6.07, 6.45) is 1.82. The molecule has 3 aromatic heterocycles. The van der Waals surface area contributed by atoms with Gasteiger partial charge < -0.3 is 4.42 Å². The number of benzene rings is 2. The Hall–Kier alpha value is -3.46. The van der Waals surface area contributed by atoms with Crippen molar-refractivity contribution < 1.29 is 4.42 Å². The van der Waals surface area contributed by atoms with Gasteiger partial charge in [0.25, 0.3) is 0 Å². The van der Waals surface area contributed by atoms with Crippen LogP contribution in [0.3, 0.4) is 0 Å². The predicted octanol–water partition coefficient (Wildman–Crippen LogP) is 6.66. The molecule has 0 aliphatic heterocycles. The van der Waals surface area contributed by atoms with E-state index < -0.39 is 0 Å². The monoisotopic (exact) mass is 376 g/mol. The Bertz CT molecular complexity index is 1430. The van der Waals surface area contributed by atoms with Crippen molar-refractivity contribution in [1.82, 2.24) is 9.97 Å². The number of aromatic nitrogens is 2. The van der Waals surface area contributed by atoms with Crippen LogP contribution in [-0.2, 0) is 5.41 Å². The van der Waals surface area contributed by atoms with Gasteiger partial charge in [-0.3, -0.25) is 4.98 Å². The molecule has 1 aliphatic rings. The fraction of sp³-hybridized carbons (Fsp3) is 0.154. The minimum absolute atomic E-state index is 0.140. The summed E-state index contributed by atoms with van der Waals surface area (Å²) in [5.74, 6) is 0. The molecule has 0 unspecified atom stereocenters. The van der Waals surface area contributed by atoms with Gasteiger partial charge in [0.15, 0.2) is 0 Å². The van der Waals surface area contributed by atoms with E-state index in [1.165, 1.54) is 16.7 Å². The molecule has 29 heavy (non-hydrogen) atoms. The number of hydrogen-bond acceptors (Lipinski definition) is 3. The Balaban J connectivity index is 1.71. The first-order valence-electron chi connectivity index (χ1n) is 9.94. The molecule has 1 aliphatic carbocycles. The molecular formula is C26H20N2O. The van der Waals surface area contributed by atoms with E-state index in [2.05, 4.69) is 68.2 Å². The van der Waals surface area contributed by atoms with Gasteiger partial charge in [-0.05, 0) is 41.8 Å². The van der Waals surface area contributed by atoms with Crippen LogP contribution in [0.4, 0.5) is 0 Å². The molecule has 2 aromatic carbocycles. The van der Waals surface area contributed by atoms with Crippen LogP contribution in [0.5, 0.6) is 0 Å². The highest BCUT2D eigenvalue weighted by molar-refractivity contribution is 6.10. The zero-order chi connectivity index (χ0) is 19.8. The second-order valence-corrected chi connectivity index (χ2v) is 8.36. The van der Waals surface area contributed by atoms with Crippen LogP contribution in [0.2, 0.25) is 0 Å². The van der Waals surface area contributed by atoms with Gasteiger partial charge in [-0.1, -0.05) is 56.3 Å². The van der Waals surface area contributed by atoms with Crippen LogP contribution >= 0.6 is 0 Å². The van der Waals surface area contributed by atoms with Gasteiger partial charge in [-0.25, -0.2) is 4.98 Å². The minimum Gasteiger partial charge on any atom is -0.437 e. The lowest BCUT2D eigenvalue weighted by Gasteiger charge is -2.19. The number of hydrogen-bond donors (Lipinski definition) is 0. The van der Waals surface area contributed by atoms with Crippen LogP contribution in [0.25, 0.3) is 44.5 Å². The molecule has 0 saturated heterocycles. The van der Waals surface area contributed by atoms with Gasteiger partial charge in [0.2, 0.25) is 5.71 Å². The molecule has 0 fully saturated rings. The molecule has 6 rings (SSSR count). The molecule has 0 spiro atoms. The molecule has 5 aromatic rings. The van der Waals surface area contributed by atoms with E-state index in [4.69, 9.17) is 9.40 Å². The number of pyridine rings is 2. The highest BCUT2D eigenvalue weighted by Gasteiger charge is 2.37. The van der Waals surface area contributed by atoms with E-state index in [9.17, 15) is 0 Å². The van der Waals surface area contributed by atoms with Crippen LogP contribution in [0.1, 0.15) is 30.7 Å². The maximum atomic E-state index is 6.39. The number of furan rings is 1. The lowest BCUT2D eigenvalue weighted by Crippen LogP contribution is -2.16. The first kappa shape index (κ1) is 16.5. The second-order valence-electron chi connectivity index (χ2n) is 8.36. The van der Waals surface area contributed by atoms with Crippen molar-refractivity contribution in [2.75, 3.05) is 0 Å². The summed E-state index contributed by atoms with van der Waals surface area (Å²) in [5.41, 5.74) is 9.42. The molecule has 0 radical (unpaired) electrons. The fourth-order valence-electron chi connectivity index (χ4n) is 4.76. The van der Waals surface area contributed by atoms with Gasteiger partial charge >= 0.3 is 0 Å². The van der Waals surface area contributed by atoms with Gasteiger partial charge in [-0.15, -0.1) is 0 Å². The Morgan fingerprint density at radius 3 is 2.52 bits per heavy atom. The van der Waals surface area contributed by atoms with Crippen LogP contribution in [0.15, 0.2) is 71.3 Å². The Morgan fingerprint density at radius 2 is 1.69 bits per heavy atom. The van der Waals surface area contributed by atoms with Gasteiger partial charge in [0.1, 0.15) is 5.58 Å². The molecule has 0 atom stereocenters. The molecule has 3 heterocycles. The third-order valence-electron chi connectivity index (χ3n) is 6.25. The van der Waals surface area contributed by atoms with Crippen molar-refractivity contribution >= 4 is 22.1 Å². The average Bonchev–Trinajstić information content (AvgIpc) is 3.20. The first-order valence-corrected chi connectivity index (χ1v) is 9.94. The maximum Gasteiger partial charge on any atom is 0.227 e. The van der Waals surface area contributed by atoms with E-state index in [1.807, 2.05) is 24.4 Å². The second kappa shape index (κ2) is 5.54. The summed E-state index contributed by atoms with van der Waals surface area (Å²) < 4.78 is 6.39. The van der Waals surface area contributed by atoms with Crippen molar-refractivity contribution in [3.8, 4) is 22.4 Å². The molecular weight excluding hydrogens is 356 g/mol. The van der Waals surface area contributed by atoms with Crippen LogP contribution in [0, 0.1) is 6.92 Å². The standard InChI is InChI=1S/C26H20N2O/c1-15-11-12-17-19-14-18-16-8-4-5-9-20(16)26(2,3)24(18)28-25(19)29-23(17)22(15)21-10-6-7-13-27-21/h4-14H,1-3H3.